The van der Waals surface area contributed by atoms with Crippen LogP contribution in [0.1, 0.15) is 28.8 Å². The van der Waals surface area contributed by atoms with Crippen molar-refractivity contribution in [2.24, 2.45) is 0 Å². The van der Waals surface area contributed by atoms with Crippen molar-refractivity contribution in [3.63, 3.8) is 0 Å². The molecule has 0 aromatic heterocycles. The Balaban J connectivity index is 0.00000225. The maximum atomic E-state index is 12.7. The molecule has 1 fully saturated rings. The van der Waals surface area contributed by atoms with Crippen molar-refractivity contribution in [1.82, 2.24) is 5.06 Å². The second-order valence-electron chi connectivity index (χ2n) is 7.86. The van der Waals surface area contributed by atoms with Crippen molar-refractivity contribution in [2.75, 3.05) is 32.7 Å². The topological polar surface area (TPSA) is 66.9 Å². The van der Waals surface area contributed by atoms with Gasteiger partial charge in [-0.1, -0.05) is 18.2 Å². The fraction of sp³-hybridized carbons (Fsp3) is 0.350. The van der Waals surface area contributed by atoms with Crippen molar-refractivity contribution in [3.05, 3.63) is 41.5 Å². The quantitative estimate of drug-likeness (QED) is 0.478. The summed E-state index contributed by atoms with van der Waals surface area (Å²) in [6, 6.07) is 9.38. The number of hydrogen-bond donors (Lipinski definition) is 0. The lowest BCUT2D eigenvalue weighted by atomic mass is 9.96. The lowest BCUT2D eigenvalue weighted by Gasteiger charge is -2.41. The molecule has 28 heavy (non-hydrogen) atoms. The molecule has 0 unspecified atom stereocenters. The Kier molecular flexibility index (Phi) is 5.08. The van der Waals surface area contributed by atoms with Crippen LogP contribution in [0.3, 0.4) is 0 Å². The number of hydroxylamine groups is 2. The number of amides is 2. The molecule has 2 aromatic rings. The van der Waals surface area contributed by atoms with Gasteiger partial charge < -0.3 is 26.6 Å². The zero-order chi connectivity index (χ0) is 19.3. The standard InChI is InChI=1S/C20H22N3O4.ClH/c1-21-12-23(2,3)11-16-13-5-4-6-15(14(13)7-8-17(16)21)20(26)27-22-18(24)9-10-19(22)25;/h4-8H,9-12H2,1-3H3;1H/q+1;/p-1. The van der Waals surface area contributed by atoms with E-state index in [0.717, 1.165) is 34.2 Å². The van der Waals surface area contributed by atoms with Crippen LogP contribution < -0.4 is 17.3 Å². The monoisotopic (exact) mass is 403 g/mol. The summed E-state index contributed by atoms with van der Waals surface area (Å²) in [5.41, 5.74) is 2.67. The van der Waals surface area contributed by atoms with Gasteiger partial charge in [0.05, 0.1) is 25.3 Å². The van der Waals surface area contributed by atoms with E-state index in [9.17, 15) is 14.4 Å². The minimum atomic E-state index is -0.693. The normalized spacial score (nSPS) is 18.1. The van der Waals surface area contributed by atoms with E-state index < -0.39 is 17.8 Å². The molecular formula is C20H22ClN3O4. The molecule has 0 saturated carbocycles. The van der Waals surface area contributed by atoms with E-state index in [0.29, 0.717) is 10.6 Å². The number of fused-ring (bicyclic) bond motifs is 3. The van der Waals surface area contributed by atoms with Crippen LogP contribution in [0.25, 0.3) is 10.8 Å². The second-order valence-corrected chi connectivity index (χ2v) is 7.86. The van der Waals surface area contributed by atoms with Crippen molar-refractivity contribution >= 4 is 34.2 Å². The molecule has 0 bridgehead atoms. The molecule has 2 aliphatic heterocycles. The van der Waals surface area contributed by atoms with Gasteiger partial charge >= 0.3 is 5.97 Å². The van der Waals surface area contributed by atoms with Gasteiger partial charge in [-0.3, -0.25) is 9.59 Å². The van der Waals surface area contributed by atoms with Crippen LogP contribution >= 0.6 is 0 Å². The van der Waals surface area contributed by atoms with E-state index in [1.54, 1.807) is 12.1 Å². The first-order valence-electron chi connectivity index (χ1n) is 8.93. The molecule has 0 atom stereocenters. The number of anilines is 1. The van der Waals surface area contributed by atoms with Gasteiger partial charge in [-0.2, -0.15) is 0 Å². The third kappa shape index (κ3) is 3.31. The van der Waals surface area contributed by atoms with Crippen LogP contribution in [0.5, 0.6) is 0 Å². The first-order chi connectivity index (χ1) is 12.8. The summed E-state index contributed by atoms with van der Waals surface area (Å²) in [4.78, 5) is 43.5. The molecule has 4 rings (SSSR count). The van der Waals surface area contributed by atoms with Crippen LogP contribution in [-0.2, 0) is 21.0 Å². The lowest BCUT2D eigenvalue weighted by Crippen LogP contribution is -3.00. The van der Waals surface area contributed by atoms with Crippen LogP contribution in [0.15, 0.2) is 30.3 Å². The van der Waals surface area contributed by atoms with Crippen molar-refractivity contribution in [1.29, 1.82) is 0 Å². The molecule has 0 radical (unpaired) electrons. The van der Waals surface area contributed by atoms with Crippen LogP contribution in [0, 0.1) is 0 Å². The number of nitrogens with zero attached hydrogens (tertiary/aromatic N) is 3. The third-order valence-electron chi connectivity index (χ3n) is 5.14. The zero-order valence-electron chi connectivity index (χ0n) is 16.1. The average molecular weight is 404 g/mol. The molecule has 2 aliphatic rings. The number of quaternary nitrogens is 1. The van der Waals surface area contributed by atoms with Gasteiger partial charge in [0.25, 0.3) is 11.8 Å². The SMILES string of the molecule is CN1C[N+](C)(C)Cc2c1ccc1c(C(=O)ON3C(=O)CCC3=O)cccc21.[Cl-]. The van der Waals surface area contributed by atoms with Gasteiger partial charge in [-0.15, -0.1) is 5.06 Å². The van der Waals surface area contributed by atoms with Gasteiger partial charge in [0.1, 0.15) is 6.54 Å². The van der Waals surface area contributed by atoms with Crippen LogP contribution in [0.2, 0.25) is 0 Å². The molecular weight excluding hydrogens is 382 g/mol. The van der Waals surface area contributed by atoms with Crippen molar-refractivity contribution in [2.45, 2.75) is 19.4 Å². The molecule has 0 N–H and O–H groups in total. The predicted molar refractivity (Wildman–Crippen MR) is 99.5 cm³/mol. The van der Waals surface area contributed by atoms with Gasteiger partial charge in [0.15, 0.2) is 6.67 Å². The van der Waals surface area contributed by atoms with Crippen molar-refractivity contribution in [3.8, 4) is 0 Å². The molecule has 1 saturated heterocycles. The fourth-order valence-electron chi connectivity index (χ4n) is 4.03. The highest BCUT2D eigenvalue weighted by Gasteiger charge is 2.34. The Morgan fingerprint density at radius 2 is 1.71 bits per heavy atom. The molecule has 8 heteroatoms. The summed E-state index contributed by atoms with van der Waals surface area (Å²) >= 11 is 0. The third-order valence-corrected chi connectivity index (χ3v) is 5.14. The maximum absolute atomic E-state index is 12.7. The zero-order valence-corrected chi connectivity index (χ0v) is 16.8. The number of carbonyl (C=O) groups excluding carboxylic acids is 3. The van der Waals surface area contributed by atoms with Gasteiger partial charge in [-0.25, -0.2) is 4.79 Å². The Morgan fingerprint density at radius 1 is 1.04 bits per heavy atom. The number of rotatable bonds is 2. The number of carbonyl (C=O) groups is 3. The number of halogens is 1. The van der Waals surface area contributed by atoms with Crippen LogP contribution in [0.4, 0.5) is 5.69 Å². The maximum Gasteiger partial charge on any atom is 0.364 e. The molecule has 7 nitrogen and oxygen atoms in total. The molecule has 2 amide bonds. The molecule has 0 spiro atoms. The average Bonchev–Trinajstić information content (AvgIpc) is 2.92. The van der Waals surface area contributed by atoms with E-state index in [4.69, 9.17) is 4.84 Å². The van der Waals surface area contributed by atoms with Crippen LogP contribution in [-0.4, -0.2) is 55.1 Å². The molecule has 0 aliphatic carbocycles. The Morgan fingerprint density at radius 3 is 2.39 bits per heavy atom. The lowest BCUT2D eigenvalue weighted by molar-refractivity contribution is -0.904. The van der Waals surface area contributed by atoms with Gasteiger partial charge in [0.2, 0.25) is 0 Å². The summed E-state index contributed by atoms with van der Waals surface area (Å²) in [6.45, 7) is 1.75. The highest BCUT2D eigenvalue weighted by atomic mass is 35.5. The Hall–Kier alpha value is -2.64. The molecule has 2 heterocycles. The first kappa shape index (κ1) is 20.1. The van der Waals surface area contributed by atoms with Crippen molar-refractivity contribution < 1.29 is 36.1 Å². The summed E-state index contributed by atoms with van der Waals surface area (Å²) < 4.78 is 0.814. The van der Waals surface area contributed by atoms with Gasteiger partial charge in [0, 0.05) is 25.5 Å². The molecule has 2 aromatic carbocycles. The molecule has 148 valence electrons. The number of benzene rings is 2. The Labute approximate surface area is 169 Å². The Bertz CT molecular complexity index is 973. The summed E-state index contributed by atoms with van der Waals surface area (Å²) in [6.07, 6.45) is 0.156. The second kappa shape index (κ2) is 7.07. The minimum absolute atomic E-state index is 0. The highest BCUT2D eigenvalue weighted by molar-refractivity contribution is 6.08. The van der Waals surface area contributed by atoms with E-state index in [1.807, 2.05) is 18.2 Å². The van der Waals surface area contributed by atoms with E-state index in [2.05, 4.69) is 26.0 Å². The first-order valence-corrected chi connectivity index (χ1v) is 8.93. The largest absolute Gasteiger partial charge is 1.00 e. The minimum Gasteiger partial charge on any atom is -1.00 e. The van der Waals surface area contributed by atoms with E-state index in [-0.39, 0.29) is 25.2 Å². The van der Waals surface area contributed by atoms with Gasteiger partial charge in [-0.05, 0) is 22.9 Å². The van der Waals surface area contributed by atoms with E-state index in [1.165, 1.54) is 5.56 Å². The highest BCUT2D eigenvalue weighted by Crippen LogP contribution is 2.36. The smallest absolute Gasteiger partial charge is 0.364 e. The summed E-state index contributed by atoms with van der Waals surface area (Å²) in [5, 5.41) is 2.34. The fourth-order valence-corrected chi connectivity index (χ4v) is 4.03. The summed E-state index contributed by atoms with van der Waals surface area (Å²) in [5.74, 6) is -1.65. The number of hydrogen-bond acceptors (Lipinski definition) is 5. The summed E-state index contributed by atoms with van der Waals surface area (Å²) in [7, 11) is 6.40. The predicted octanol–water partition coefficient (Wildman–Crippen LogP) is -0.952. The van der Waals surface area contributed by atoms with E-state index >= 15 is 0 Å². The number of imide groups is 1.